The first-order chi connectivity index (χ1) is 10.1. The van der Waals surface area contributed by atoms with Gasteiger partial charge in [0.2, 0.25) is 0 Å². The van der Waals surface area contributed by atoms with Crippen molar-refractivity contribution in [2.24, 2.45) is 0 Å². The van der Waals surface area contributed by atoms with Crippen LogP contribution >= 0.6 is 0 Å². The topological polar surface area (TPSA) is 53.4 Å². The molecule has 1 aromatic carbocycles. The first kappa shape index (κ1) is 15.2. The Balaban J connectivity index is 2.04. The van der Waals surface area contributed by atoms with Crippen LogP contribution < -0.4 is 0 Å². The normalized spacial score (nSPS) is 10.8. The maximum Gasteiger partial charge on any atom is 0.304 e. The zero-order chi connectivity index (χ0) is 15.1. The van der Waals surface area contributed by atoms with Crippen LogP contribution in [0.3, 0.4) is 0 Å². The molecule has 4 nitrogen and oxygen atoms in total. The Bertz CT molecular complexity index is 567. The lowest BCUT2D eigenvalue weighted by atomic mass is 10.1. The SMILES string of the molecule is Cc1ccc(CN(CCC(=O)O)Cc2cccnc2)cc1. The fourth-order valence-corrected chi connectivity index (χ4v) is 2.17. The fraction of sp³-hybridized carbons (Fsp3) is 0.294. The van der Waals surface area contributed by atoms with Crippen LogP contribution in [0.1, 0.15) is 23.1 Å². The summed E-state index contributed by atoms with van der Waals surface area (Å²) in [4.78, 5) is 17.1. The van der Waals surface area contributed by atoms with Crippen molar-refractivity contribution in [3.05, 3.63) is 65.5 Å². The van der Waals surface area contributed by atoms with E-state index in [9.17, 15) is 4.79 Å². The molecule has 0 fully saturated rings. The quantitative estimate of drug-likeness (QED) is 0.849. The van der Waals surface area contributed by atoms with Crippen LogP contribution in [0.25, 0.3) is 0 Å². The molecule has 1 aromatic heterocycles. The Morgan fingerprint density at radius 1 is 1.14 bits per heavy atom. The van der Waals surface area contributed by atoms with Gasteiger partial charge >= 0.3 is 5.97 Å². The zero-order valence-electron chi connectivity index (χ0n) is 12.2. The summed E-state index contributed by atoms with van der Waals surface area (Å²) >= 11 is 0. The molecular formula is C17H20N2O2. The minimum absolute atomic E-state index is 0.145. The number of nitrogens with zero attached hydrogens (tertiary/aromatic N) is 2. The summed E-state index contributed by atoms with van der Waals surface area (Å²) in [5.74, 6) is -0.768. The number of carboxylic acids is 1. The number of carboxylic acid groups (broad SMARTS) is 1. The van der Waals surface area contributed by atoms with E-state index in [1.54, 1.807) is 6.20 Å². The second-order valence-electron chi connectivity index (χ2n) is 5.20. The summed E-state index contributed by atoms with van der Waals surface area (Å²) in [6, 6.07) is 12.2. The molecule has 2 rings (SSSR count). The van der Waals surface area contributed by atoms with E-state index in [-0.39, 0.29) is 6.42 Å². The molecule has 21 heavy (non-hydrogen) atoms. The molecule has 2 aromatic rings. The molecule has 0 spiro atoms. The van der Waals surface area contributed by atoms with Gasteiger partial charge < -0.3 is 5.11 Å². The molecule has 0 amide bonds. The summed E-state index contributed by atoms with van der Waals surface area (Å²) in [7, 11) is 0. The van der Waals surface area contributed by atoms with Gasteiger partial charge in [-0.1, -0.05) is 35.9 Å². The van der Waals surface area contributed by atoms with Gasteiger partial charge in [0.1, 0.15) is 0 Å². The molecular weight excluding hydrogens is 264 g/mol. The highest BCUT2D eigenvalue weighted by Gasteiger charge is 2.09. The van der Waals surface area contributed by atoms with Crippen molar-refractivity contribution in [2.75, 3.05) is 6.54 Å². The lowest BCUT2D eigenvalue weighted by Gasteiger charge is -2.21. The highest BCUT2D eigenvalue weighted by Crippen LogP contribution is 2.11. The molecule has 0 atom stereocenters. The van der Waals surface area contributed by atoms with Gasteiger partial charge in [0.05, 0.1) is 6.42 Å². The first-order valence-electron chi connectivity index (χ1n) is 7.02. The van der Waals surface area contributed by atoms with Crippen molar-refractivity contribution in [3.63, 3.8) is 0 Å². The average Bonchev–Trinajstić information content (AvgIpc) is 2.48. The minimum atomic E-state index is -0.768. The lowest BCUT2D eigenvalue weighted by Crippen LogP contribution is -2.25. The van der Waals surface area contributed by atoms with Crippen LogP contribution in [0.2, 0.25) is 0 Å². The van der Waals surface area contributed by atoms with Gasteiger partial charge in [-0.2, -0.15) is 0 Å². The van der Waals surface area contributed by atoms with E-state index >= 15 is 0 Å². The smallest absolute Gasteiger partial charge is 0.304 e. The molecule has 0 aliphatic heterocycles. The Morgan fingerprint density at radius 2 is 1.86 bits per heavy atom. The largest absolute Gasteiger partial charge is 0.481 e. The van der Waals surface area contributed by atoms with Crippen LogP contribution in [0, 0.1) is 6.92 Å². The molecule has 0 saturated carbocycles. The van der Waals surface area contributed by atoms with Gasteiger partial charge in [-0.3, -0.25) is 14.7 Å². The minimum Gasteiger partial charge on any atom is -0.481 e. The molecule has 1 heterocycles. The molecule has 0 bridgehead atoms. The Morgan fingerprint density at radius 3 is 2.48 bits per heavy atom. The van der Waals surface area contributed by atoms with Gasteiger partial charge in [-0.05, 0) is 24.1 Å². The maximum atomic E-state index is 10.8. The standard InChI is InChI=1S/C17H20N2O2/c1-14-4-6-15(7-5-14)12-19(10-8-17(20)21)13-16-3-2-9-18-11-16/h2-7,9,11H,8,10,12-13H2,1H3,(H,20,21). The van der Waals surface area contributed by atoms with Crippen molar-refractivity contribution in [1.29, 1.82) is 0 Å². The maximum absolute atomic E-state index is 10.8. The fourth-order valence-electron chi connectivity index (χ4n) is 2.17. The summed E-state index contributed by atoms with van der Waals surface area (Å²) < 4.78 is 0. The second-order valence-corrected chi connectivity index (χ2v) is 5.20. The number of rotatable bonds is 7. The Labute approximate surface area is 125 Å². The van der Waals surface area contributed by atoms with Crippen LogP contribution in [-0.2, 0) is 17.9 Å². The predicted octanol–water partition coefficient (Wildman–Crippen LogP) is 2.87. The third kappa shape index (κ3) is 5.36. The molecule has 0 radical (unpaired) electrons. The van der Waals surface area contributed by atoms with Crippen LogP contribution in [0.4, 0.5) is 0 Å². The number of carbonyl (C=O) groups is 1. The number of hydrogen-bond donors (Lipinski definition) is 1. The van der Waals surface area contributed by atoms with E-state index < -0.39 is 5.97 Å². The Kier molecular flexibility index (Phi) is 5.46. The second kappa shape index (κ2) is 7.55. The predicted molar refractivity (Wildman–Crippen MR) is 81.8 cm³/mol. The zero-order valence-corrected chi connectivity index (χ0v) is 12.2. The van der Waals surface area contributed by atoms with Crippen molar-refractivity contribution < 1.29 is 9.90 Å². The monoisotopic (exact) mass is 284 g/mol. The number of hydrogen-bond acceptors (Lipinski definition) is 3. The molecule has 0 aliphatic carbocycles. The van der Waals surface area contributed by atoms with Gasteiger partial charge in [0.25, 0.3) is 0 Å². The van der Waals surface area contributed by atoms with Crippen LogP contribution in [0.5, 0.6) is 0 Å². The molecule has 0 aliphatic rings. The number of aliphatic carboxylic acids is 1. The molecule has 4 heteroatoms. The third-order valence-electron chi connectivity index (χ3n) is 3.30. The molecule has 110 valence electrons. The van der Waals surface area contributed by atoms with Gasteiger partial charge in [-0.25, -0.2) is 0 Å². The molecule has 0 unspecified atom stereocenters. The van der Waals surface area contributed by atoms with E-state index in [1.807, 2.05) is 18.3 Å². The first-order valence-corrected chi connectivity index (χ1v) is 7.02. The number of aromatic nitrogens is 1. The third-order valence-corrected chi connectivity index (χ3v) is 3.30. The summed E-state index contributed by atoms with van der Waals surface area (Å²) in [5.41, 5.74) is 3.51. The number of aryl methyl sites for hydroxylation is 1. The number of benzene rings is 1. The number of pyridine rings is 1. The van der Waals surface area contributed by atoms with E-state index in [1.165, 1.54) is 11.1 Å². The highest BCUT2D eigenvalue weighted by molar-refractivity contribution is 5.66. The summed E-state index contributed by atoms with van der Waals surface area (Å²) in [6.45, 7) is 4.02. The molecule has 1 N–H and O–H groups in total. The van der Waals surface area contributed by atoms with E-state index in [4.69, 9.17) is 5.11 Å². The van der Waals surface area contributed by atoms with E-state index in [2.05, 4.69) is 41.1 Å². The van der Waals surface area contributed by atoms with E-state index in [0.717, 1.165) is 12.1 Å². The van der Waals surface area contributed by atoms with Crippen LogP contribution in [-0.4, -0.2) is 27.5 Å². The Hall–Kier alpha value is -2.20. The van der Waals surface area contributed by atoms with Gasteiger partial charge in [0, 0.05) is 32.0 Å². The van der Waals surface area contributed by atoms with Gasteiger partial charge in [0.15, 0.2) is 0 Å². The van der Waals surface area contributed by atoms with Crippen LogP contribution in [0.15, 0.2) is 48.8 Å². The summed E-state index contributed by atoms with van der Waals surface area (Å²) in [5, 5.41) is 8.89. The molecule has 0 saturated heterocycles. The van der Waals surface area contributed by atoms with Crippen molar-refractivity contribution in [2.45, 2.75) is 26.4 Å². The van der Waals surface area contributed by atoms with Crippen molar-refractivity contribution >= 4 is 5.97 Å². The van der Waals surface area contributed by atoms with E-state index in [0.29, 0.717) is 13.1 Å². The van der Waals surface area contributed by atoms with Gasteiger partial charge in [-0.15, -0.1) is 0 Å². The highest BCUT2D eigenvalue weighted by atomic mass is 16.4. The lowest BCUT2D eigenvalue weighted by molar-refractivity contribution is -0.137. The summed E-state index contributed by atoms with van der Waals surface area (Å²) in [6.07, 6.45) is 3.71. The van der Waals surface area contributed by atoms with Crippen molar-refractivity contribution in [3.8, 4) is 0 Å². The van der Waals surface area contributed by atoms with Crippen molar-refractivity contribution in [1.82, 2.24) is 9.88 Å². The average molecular weight is 284 g/mol.